The fourth-order valence-electron chi connectivity index (χ4n) is 2.78. The molecule has 0 saturated carbocycles. The molecule has 0 aliphatic carbocycles. The number of rotatable bonds is 2. The van der Waals surface area contributed by atoms with Crippen LogP contribution in [0.15, 0.2) is 18.2 Å². The van der Waals surface area contributed by atoms with Crippen LogP contribution in [0.4, 0.5) is 0 Å². The Morgan fingerprint density at radius 3 is 3.06 bits per heavy atom. The summed E-state index contributed by atoms with van der Waals surface area (Å²) in [4.78, 5) is 0. The first-order chi connectivity index (χ1) is 8.25. The van der Waals surface area contributed by atoms with Gasteiger partial charge in [-0.15, -0.1) is 0 Å². The SMILES string of the molecule is CC(C)Oc1cccc2c1CO[C@@H]1CNC[C@H]21. The summed E-state index contributed by atoms with van der Waals surface area (Å²) >= 11 is 0. The minimum atomic E-state index is 0.209. The molecular formula is C14H19NO2. The smallest absolute Gasteiger partial charge is 0.125 e. The maximum Gasteiger partial charge on any atom is 0.125 e. The van der Waals surface area contributed by atoms with Crippen LogP contribution < -0.4 is 10.1 Å². The van der Waals surface area contributed by atoms with Crippen LogP contribution in [0.25, 0.3) is 0 Å². The van der Waals surface area contributed by atoms with Gasteiger partial charge < -0.3 is 14.8 Å². The molecule has 1 saturated heterocycles. The standard InChI is InChI=1S/C14H19NO2/c1-9(2)17-13-5-3-4-10-11-6-15-7-14(11)16-8-12(10)13/h3-5,9,11,14-15H,6-8H2,1-2H3/t11-,14-/m1/s1. The molecule has 1 aromatic carbocycles. The Morgan fingerprint density at radius 2 is 2.24 bits per heavy atom. The molecule has 1 aromatic rings. The molecule has 2 atom stereocenters. The number of ether oxygens (including phenoxy) is 2. The van der Waals surface area contributed by atoms with Gasteiger partial charge in [0.05, 0.1) is 18.8 Å². The van der Waals surface area contributed by atoms with Gasteiger partial charge in [0.2, 0.25) is 0 Å². The van der Waals surface area contributed by atoms with E-state index in [0.29, 0.717) is 18.6 Å². The zero-order chi connectivity index (χ0) is 11.8. The molecule has 0 bridgehead atoms. The van der Waals surface area contributed by atoms with E-state index in [1.807, 2.05) is 6.07 Å². The summed E-state index contributed by atoms with van der Waals surface area (Å²) in [5, 5.41) is 3.40. The largest absolute Gasteiger partial charge is 0.491 e. The van der Waals surface area contributed by atoms with E-state index >= 15 is 0 Å². The highest BCUT2D eigenvalue weighted by atomic mass is 16.5. The maximum atomic E-state index is 5.91. The molecule has 1 fully saturated rings. The van der Waals surface area contributed by atoms with E-state index in [0.717, 1.165) is 18.8 Å². The van der Waals surface area contributed by atoms with E-state index in [1.54, 1.807) is 0 Å². The summed E-state index contributed by atoms with van der Waals surface area (Å²) in [7, 11) is 0. The predicted octanol–water partition coefficient (Wildman–Crippen LogP) is 2.06. The Morgan fingerprint density at radius 1 is 1.35 bits per heavy atom. The first kappa shape index (κ1) is 11.1. The lowest BCUT2D eigenvalue weighted by Gasteiger charge is -2.29. The summed E-state index contributed by atoms with van der Waals surface area (Å²) in [6.45, 7) is 6.79. The maximum absolute atomic E-state index is 5.91. The van der Waals surface area contributed by atoms with Crippen LogP contribution in [-0.2, 0) is 11.3 Å². The fraction of sp³-hybridized carbons (Fsp3) is 0.571. The molecule has 2 heterocycles. The molecule has 92 valence electrons. The first-order valence-corrected chi connectivity index (χ1v) is 6.36. The van der Waals surface area contributed by atoms with Crippen molar-refractivity contribution >= 4 is 0 Å². The summed E-state index contributed by atoms with van der Waals surface area (Å²) in [6.07, 6.45) is 0.553. The average Bonchev–Trinajstić information content (AvgIpc) is 2.76. The van der Waals surface area contributed by atoms with E-state index in [1.165, 1.54) is 11.1 Å². The monoisotopic (exact) mass is 233 g/mol. The van der Waals surface area contributed by atoms with Crippen molar-refractivity contribution in [3.05, 3.63) is 29.3 Å². The summed E-state index contributed by atoms with van der Waals surface area (Å²) in [5.74, 6) is 1.48. The van der Waals surface area contributed by atoms with Crippen LogP contribution in [0.2, 0.25) is 0 Å². The van der Waals surface area contributed by atoms with Crippen molar-refractivity contribution in [2.45, 2.75) is 38.6 Å². The van der Waals surface area contributed by atoms with Crippen molar-refractivity contribution in [1.82, 2.24) is 5.32 Å². The van der Waals surface area contributed by atoms with E-state index in [2.05, 4.69) is 31.3 Å². The minimum Gasteiger partial charge on any atom is -0.491 e. The molecule has 2 aliphatic heterocycles. The number of benzene rings is 1. The summed E-state index contributed by atoms with van der Waals surface area (Å²) in [6, 6.07) is 6.36. The topological polar surface area (TPSA) is 30.5 Å². The van der Waals surface area contributed by atoms with Crippen molar-refractivity contribution in [2.75, 3.05) is 13.1 Å². The lowest BCUT2D eigenvalue weighted by atomic mass is 9.89. The molecule has 3 nitrogen and oxygen atoms in total. The molecule has 17 heavy (non-hydrogen) atoms. The number of nitrogens with one attached hydrogen (secondary N) is 1. The Bertz CT molecular complexity index is 417. The second kappa shape index (κ2) is 4.31. The second-order valence-corrected chi connectivity index (χ2v) is 5.10. The van der Waals surface area contributed by atoms with Crippen LogP contribution >= 0.6 is 0 Å². The van der Waals surface area contributed by atoms with E-state index in [9.17, 15) is 0 Å². The second-order valence-electron chi connectivity index (χ2n) is 5.10. The van der Waals surface area contributed by atoms with Crippen LogP contribution in [-0.4, -0.2) is 25.3 Å². The molecule has 2 aliphatic rings. The van der Waals surface area contributed by atoms with Gasteiger partial charge in [-0.25, -0.2) is 0 Å². The summed E-state index contributed by atoms with van der Waals surface area (Å²) in [5.41, 5.74) is 2.65. The Hall–Kier alpha value is -1.06. The van der Waals surface area contributed by atoms with E-state index < -0.39 is 0 Å². The number of fused-ring (bicyclic) bond motifs is 3. The molecular weight excluding hydrogens is 214 g/mol. The minimum absolute atomic E-state index is 0.209. The quantitative estimate of drug-likeness (QED) is 0.848. The number of hydrogen-bond acceptors (Lipinski definition) is 3. The zero-order valence-corrected chi connectivity index (χ0v) is 10.4. The molecule has 0 unspecified atom stereocenters. The third-order valence-electron chi connectivity index (χ3n) is 3.53. The van der Waals surface area contributed by atoms with Crippen LogP contribution in [0, 0.1) is 0 Å². The Balaban J connectivity index is 1.97. The Kier molecular flexibility index (Phi) is 2.81. The van der Waals surface area contributed by atoms with Crippen molar-refractivity contribution in [1.29, 1.82) is 0 Å². The van der Waals surface area contributed by atoms with Crippen LogP contribution in [0.5, 0.6) is 5.75 Å². The Labute approximate surface area is 102 Å². The van der Waals surface area contributed by atoms with Crippen LogP contribution in [0.3, 0.4) is 0 Å². The lowest BCUT2D eigenvalue weighted by Crippen LogP contribution is -2.27. The van der Waals surface area contributed by atoms with Gasteiger partial charge in [-0.1, -0.05) is 12.1 Å². The third kappa shape index (κ3) is 1.94. The van der Waals surface area contributed by atoms with Crippen molar-refractivity contribution in [3.8, 4) is 5.75 Å². The van der Waals surface area contributed by atoms with Gasteiger partial charge in [-0.3, -0.25) is 0 Å². The molecule has 0 radical (unpaired) electrons. The molecule has 3 rings (SSSR count). The highest BCUT2D eigenvalue weighted by Gasteiger charge is 2.35. The molecule has 1 N–H and O–H groups in total. The van der Waals surface area contributed by atoms with E-state index in [-0.39, 0.29) is 6.10 Å². The van der Waals surface area contributed by atoms with Crippen LogP contribution in [0.1, 0.15) is 30.9 Å². The lowest BCUT2D eigenvalue weighted by molar-refractivity contribution is 0.0277. The summed E-state index contributed by atoms with van der Waals surface area (Å²) < 4.78 is 11.8. The van der Waals surface area contributed by atoms with Gasteiger partial charge in [0, 0.05) is 24.6 Å². The molecule has 0 aromatic heterocycles. The molecule has 0 spiro atoms. The average molecular weight is 233 g/mol. The third-order valence-corrected chi connectivity index (χ3v) is 3.53. The van der Waals surface area contributed by atoms with Gasteiger partial charge in [-0.2, -0.15) is 0 Å². The zero-order valence-electron chi connectivity index (χ0n) is 10.4. The molecule has 3 heteroatoms. The van der Waals surface area contributed by atoms with Gasteiger partial charge in [-0.05, 0) is 25.5 Å². The number of hydrogen-bond donors (Lipinski definition) is 1. The van der Waals surface area contributed by atoms with Crippen molar-refractivity contribution in [3.63, 3.8) is 0 Å². The normalized spacial score (nSPS) is 26.8. The predicted molar refractivity (Wildman–Crippen MR) is 66.4 cm³/mol. The fourth-order valence-corrected chi connectivity index (χ4v) is 2.78. The van der Waals surface area contributed by atoms with E-state index in [4.69, 9.17) is 9.47 Å². The van der Waals surface area contributed by atoms with Crippen molar-refractivity contribution < 1.29 is 9.47 Å². The van der Waals surface area contributed by atoms with Gasteiger partial charge in [0.15, 0.2) is 0 Å². The highest BCUT2D eigenvalue weighted by Crippen LogP contribution is 2.38. The molecule has 0 amide bonds. The van der Waals surface area contributed by atoms with Gasteiger partial charge >= 0.3 is 0 Å². The first-order valence-electron chi connectivity index (χ1n) is 6.36. The van der Waals surface area contributed by atoms with Gasteiger partial charge in [0.25, 0.3) is 0 Å². The highest BCUT2D eigenvalue weighted by molar-refractivity contribution is 5.44. The van der Waals surface area contributed by atoms with Crippen molar-refractivity contribution in [2.24, 2.45) is 0 Å². The van der Waals surface area contributed by atoms with Gasteiger partial charge in [0.1, 0.15) is 5.75 Å².